The molecule has 0 spiro atoms. The van der Waals surface area contributed by atoms with Crippen molar-refractivity contribution in [3.8, 4) is 0 Å². The molecule has 98 valence electrons. The Morgan fingerprint density at radius 2 is 2.33 bits per heavy atom. The number of nitrogens with one attached hydrogen (secondary N) is 1. The number of thioether (sulfide) groups is 1. The van der Waals surface area contributed by atoms with Gasteiger partial charge in [-0.2, -0.15) is 0 Å². The number of likely N-dealkylation sites (tertiary alicyclic amines) is 1. The third-order valence-electron chi connectivity index (χ3n) is 3.29. The summed E-state index contributed by atoms with van der Waals surface area (Å²) in [4.78, 5) is 15.3. The molecule has 1 heterocycles. The number of carbonyl (C=O) groups excluding carboxylic acids is 1. The van der Waals surface area contributed by atoms with Gasteiger partial charge in [0.25, 0.3) is 5.91 Å². The Balaban J connectivity index is 2.18. The Morgan fingerprint density at radius 3 is 2.94 bits per heavy atom. The summed E-state index contributed by atoms with van der Waals surface area (Å²) in [6.45, 7) is 1.55. The van der Waals surface area contributed by atoms with E-state index in [-0.39, 0.29) is 5.91 Å². The summed E-state index contributed by atoms with van der Waals surface area (Å²) in [7, 11) is 1.93. The summed E-state index contributed by atoms with van der Waals surface area (Å²) in [5.41, 5.74) is 0.611. The van der Waals surface area contributed by atoms with E-state index in [0.717, 1.165) is 24.4 Å². The molecule has 0 radical (unpaired) electrons. The van der Waals surface area contributed by atoms with Gasteiger partial charge in [-0.1, -0.05) is 11.6 Å². The van der Waals surface area contributed by atoms with Gasteiger partial charge in [0, 0.05) is 24.0 Å². The van der Waals surface area contributed by atoms with Gasteiger partial charge in [-0.05, 0) is 37.9 Å². The van der Waals surface area contributed by atoms with Gasteiger partial charge in [0.05, 0.1) is 10.6 Å². The number of nitrogens with zero attached hydrogens (tertiary/aromatic N) is 1. The minimum atomic E-state index is 0.0358. The lowest BCUT2D eigenvalue weighted by Crippen LogP contribution is -2.33. The van der Waals surface area contributed by atoms with E-state index in [9.17, 15) is 4.79 Å². The molecular formula is C13H17ClN2OS. The molecule has 5 heteroatoms. The van der Waals surface area contributed by atoms with E-state index in [1.165, 1.54) is 0 Å². The lowest BCUT2D eigenvalue weighted by atomic mass is 10.2. The molecule has 1 aromatic rings. The zero-order valence-corrected chi connectivity index (χ0v) is 12.1. The molecule has 3 nitrogen and oxygen atoms in total. The van der Waals surface area contributed by atoms with Crippen molar-refractivity contribution in [2.45, 2.75) is 17.4 Å². The Hall–Kier alpha value is -0.710. The highest BCUT2D eigenvalue weighted by Gasteiger charge is 2.27. The minimum absolute atomic E-state index is 0.0358. The minimum Gasteiger partial charge on any atom is -0.337 e. The number of carbonyl (C=O) groups is 1. The smallest absolute Gasteiger partial charge is 0.255 e. The normalized spacial score (nSPS) is 19.3. The molecule has 0 saturated carbocycles. The fraction of sp³-hybridized carbons (Fsp3) is 0.462. The highest BCUT2D eigenvalue weighted by molar-refractivity contribution is 7.98. The molecule has 1 unspecified atom stereocenters. The molecule has 2 rings (SSSR count). The zero-order chi connectivity index (χ0) is 13.1. The lowest BCUT2D eigenvalue weighted by Gasteiger charge is -2.17. The maximum atomic E-state index is 12.4. The van der Waals surface area contributed by atoms with E-state index in [1.807, 2.05) is 30.3 Å². The maximum absolute atomic E-state index is 12.4. The third kappa shape index (κ3) is 2.82. The van der Waals surface area contributed by atoms with Crippen LogP contribution in [-0.4, -0.2) is 43.2 Å². The highest BCUT2D eigenvalue weighted by atomic mass is 35.5. The van der Waals surface area contributed by atoms with Crippen LogP contribution >= 0.6 is 23.4 Å². The van der Waals surface area contributed by atoms with E-state index < -0.39 is 0 Å². The summed E-state index contributed by atoms with van der Waals surface area (Å²) in [5.74, 6) is 0.0358. The molecule has 0 aromatic heterocycles. The number of halogens is 1. The van der Waals surface area contributed by atoms with Gasteiger partial charge < -0.3 is 10.2 Å². The van der Waals surface area contributed by atoms with Crippen molar-refractivity contribution in [1.29, 1.82) is 0 Å². The van der Waals surface area contributed by atoms with Gasteiger partial charge in [0.15, 0.2) is 0 Å². The predicted octanol–water partition coefficient (Wildman–Crippen LogP) is 2.50. The first kappa shape index (κ1) is 13.7. The summed E-state index contributed by atoms with van der Waals surface area (Å²) >= 11 is 7.74. The SMILES string of the molecule is CNC1CCN(C(=O)c2cc(SC)ccc2Cl)C1. The standard InChI is InChI=1S/C13H17ClN2OS/c1-15-9-5-6-16(8-9)13(17)11-7-10(18-2)3-4-12(11)14/h3-4,7,9,15H,5-6,8H2,1-2H3. The molecule has 1 saturated heterocycles. The molecule has 1 aliphatic rings. The van der Waals surface area contributed by atoms with E-state index >= 15 is 0 Å². The molecule has 1 aromatic carbocycles. The highest BCUT2D eigenvalue weighted by Crippen LogP contribution is 2.25. The summed E-state index contributed by atoms with van der Waals surface area (Å²) in [6, 6.07) is 6.01. The van der Waals surface area contributed by atoms with Gasteiger partial charge in [0.1, 0.15) is 0 Å². The Bertz CT molecular complexity index is 453. The molecule has 0 bridgehead atoms. The Morgan fingerprint density at radius 1 is 1.56 bits per heavy atom. The van der Waals surface area contributed by atoms with Crippen molar-refractivity contribution < 1.29 is 4.79 Å². The van der Waals surface area contributed by atoms with E-state index in [1.54, 1.807) is 17.8 Å². The van der Waals surface area contributed by atoms with Crippen molar-refractivity contribution >= 4 is 29.3 Å². The van der Waals surface area contributed by atoms with Gasteiger partial charge >= 0.3 is 0 Å². The van der Waals surface area contributed by atoms with Gasteiger partial charge in [-0.15, -0.1) is 11.8 Å². The first-order chi connectivity index (χ1) is 8.65. The summed E-state index contributed by atoms with van der Waals surface area (Å²) in [6.07, 6.45) is 2.99. The summed E-state index contributed by atoms with van der Waals surface area (Å²) < 4.78 is 0. The maximum Gasteiger partial charge on any atom is 0.255 e. The van der Waals surface area contributed by atoms with E-state index in [2.05, 4.69) is 5.32 Å². The largest absolute Gasteiger partial charge is 0.337 e. The number of hydrogen-bond donors (Lipinski definition) is 1. The third-order valence-corrected chi connectivity index (χ3v) is 4.34. The monoisotopic (exact) mass is 284 g/mol. The second kappa shape index (κ2) is 5.95. The van der Waals surface area contributed by atoms with Crippen LogP contribution in [0.3, 0.4) is 0 Å². The molecule has 1 N–H and O–H groups in total. The van der Waals surface area contributed by atoms with Crippen LogP contribution in [0.4, 0.5) is 0 Å². The molecule has 18 heavy (non-hydrogen) atoms. The van der Waals surface area contributed by atoms with Crippen LogP contribution in [0.25, 0.3) is 0 Å². The van der Waals surface area contributed by atoms with Crippen molar-refractivity contribution in [2.75, 3.05) is 26.4 Å². The van der Waals surface area contributed by atoms with Crippen LogP contribution in [0.1, 0.15) is 16.8 Å². The van der Waals surface area contributed by atoms with Crippen molar-refractivity contribution in [3.05, 3.63) is 28.8 Å². The van der Waals surface area contributed by atoms with Crippen LogP contribution in [0.5, 0.6) is 0 Å². The molecule has 1 fully saturated rings. The predicted molar refractivity (Wildman–Crippen MR) is 76.6 cm³/mol. The number of hydrogen-bond acceptors (Lipinski definition) is 3. The average Bonchev–Trinajstić information content (AvgIpc) is 2.87. The van der Waals surface area contributed by atoms with E-state index in [0.29, 0.717) is 16.6 Å². The average molecular weight is 285 g/mol. The number of rotatable bonds is 3. The Labute approximate surface area is 117 Å². The molecule has 0 aliphatic carbocycles. The van der Waals surface area contributed by atoms with Crippen LogP contribution in [0.2, 0.25) is 5.02 Å². The first-order valence-corrected chi connectivity index (χ1v) is 7.56. The fourth-order valence-corrected chi connectivity index (χ4v) is 2.78. The topological polar surface area (TPSA) is 32.3 Å². The molecule has 1 aliphatic heterocycles. The van der Waals surface area contributed by atoms with Crippen molar-refractivity contribution in [2.24, 2.45) is 0 Å². The van der Waals surface area contributed by atoms with Crippen molar-refractivity contribution in [3.63, 3.8) is 0 Å². The first-order valence-electron chi connectivity index (χ1n) is 5.95. The molecular weight excluding hydrogens is 268 g/mol. The van der Waals surface area contributed by atoms with E-state index in [4.69, 9.17) is 11.6 Å². The molecule has 1 amide bonds. The van der Waals surface area contributed by atoms with Crippen LogP contribution in [-0.2, 0) is 0 Å². The molecule has 1 atom stereocenters. The lowest BCUT2D eigenvalue weighted by molar-refractivity contribution is 0.0789. The summed E-state index contributed by atoms with van der Waals surface area (Å²) in [5, 5.41) is 3.74. The van der Waals surface area contributed by atoms with Crippen LogP contribution in [0.15, 0.2) is 23.1 Å². The number of amides is 1. The zero-order valence-electron chi connectivity index (χ0n) is 10.6. The van der Waals surface area contributed by atoms with Gasteiger partial charge in [0.2, 0.25) is 0 Å². The second-order valence-electron chi connectivity index (χ2n) is 4.37. The van der Waals surface area contributed by atoms with Crippen LogP contribution in [0, 0.1) is 0 Å². The van der Waals surface area contributed by atoms with Gasteiger partial charge in [-0.3, -0.25) is 4.79 Å². The quantitative estimate of drug-likeness (QED) is 0.866. The fourth-order valence-electron chi connectivity index (χ4n) is 2.15. The number of benzene rings is 1. The van der Waals surface area contributed by atoms with Crippen LogP contribution < -0.4 is 5.32 Å². The van der Waals surface area contributed by atoms with Crippen molar-refractivity contribution in [1.82, 2.24) is 10.2 Å². The Kier molecular flexibility index (Phi) is 4.54. The number of likely N-dealkylation sites (N-methyl/N-ethyl adjacent to an activating group) is 1. The second-order valence-corrected chi connectivity index (χ2v) is 5.66. The van der Waals surface area contributed by atoms with Gasteiger partial charge in [-0.25, -0.2) is 0 Å².